The number of benzene rings is 1. The zero-order valence-electron chi connectivity index (χ0n) is 11.7. The molecule has 0 unspecified atom stereocenters. The molecular weight excluding hydrogens is 274 g/mol. The molecular formula is C15H26BrN. The van der Waals surface area contributed by atoms with Crippen molar-refractivity contribution in [3.8, 4) is 0 Å². The van der Waals surface area contributed by atoms with Crippen LogP contribution >= 0.6 is 0 Å². The van der Waals surface area contributed by atoms with Crippen LogP contribution in [0.15, 0.2) is 24.3 Å². The van der Waals surface area contributed by atoms with Gasteiger partial charge in [0.2, 0.25) is 0 Å². The molecule has 0 bridgehead atoms. The van der Waals surface area contributed by atoms with E-state index in [1.165, 1.54) is 36.9 Å². The molecule has 0 N–H and O–H groups in total. The van der Waals surface area contributed by atoms with Crippen molar-refractivity contribution >= 4 is 0 Å². The van der Waals surface area contributed by atoms with E-state index in [2.05, 4.69) is 52.3 Å². The van der Waals surface area contributed by atoms with Crippen molar-refractivity contribution in [1.82, 2.24) is 0 Å². The first-order valence-electron chi connectivity index (χ1n) is 6.39. The summed E-state index contributed by atoms with van der Waals surface area (Å²) >= 11 is 0. The Morgan fingerprint density at radius 3 is 1.88 bits per heavy atom. The molecule has 17 heavy (non-hydrogen) atoms. The highest BCUT2D eigenvalue weighted by Gasteiger charge is 2.05. The van der Waals surface area contributed by atoms with Gasteiger partial charge in [-0.1, -0.05) is 31.2 Å². The normalized spacial score (nSPS) is 11.1. The lowest BCUT2D eigenvalue weighted by molar-refractivity contribution is -0.870. The monoisotopic (exact) mass is 299 g/mol. The second-order valence-corrected chi connectivity index (χ2v) is 5.64. The number of quaternary nitrogens is 1. The zero-order chi connectivity index (χ0) is 12.0. The van der Waals surface area contributed by atoms with Crippen LogP contribution < -0.4 is 17.0 Å². The van der Waals surface area contributed by atoms with Gasteiger partial charge < -0.3 is 21.5 Å². The largest absolute Gasteiger partial charge is 1.00 e. The van der Waals surface area contributed by atoms with Gasteiger partial charge in [-0.15, -0.1) is 0 Å². The molecule has 0 atom stereocenters. The van der Waals surface area contributed by atoms with E-state index in [0.29, 0.717) is 0 Å². The summed E-state index contributed by atoms with van der Waals surface area (Å²) < 4.78 is 1.08. The Kier molecular flexibility index (Phi) is 7.73. The van der Waals surface area contributed by atoms with Gasteiger partial charge in [0.15, 0.2) is 0 Å². The number of nitrogens with zero attached hydrogens (tertiary/aromatic N) is 1. The third-order valence-corrected chi connectivity index (χ3v) is 2.98. The smallest absolute Gasteiger partial charge is 0.0780 e. The second kappa shape index (κ2) is 7.88. The van der Waals surface area contributed by atoms with Crippen LogP contribution in [0.5, 0.6) is 0 Å². The Morgan fingerprint density at radius 1 is 0.882 bits per heavy atom. The van der Waals surface area contributed by atoms with Crippen molar-refractivity contribution in [3.63, 3.8) is 0 Å². The lowest BCUT2D eigenvalue weighted by Crippen LogP contribution is -3.00. The molecule has 0 aromatic heterocycles. The molecule has 1 aromatic rings. The lowest BCUT2D eigenvalue weighted by atomic mass is 10.0. The van der Waals surface area contributed by atoms with Gasteiger partial charge in [0.05, 0.1) is 27.7 Å². The molecule has 0 saturated heterocycles. The maximum Gasteiger partial charge on any atom is 0.0780 e. The Bertz CT molecular complexity index is 298. The molecule has 1 nitrogen and oxygen atoms in total. The molecule has 0 aliphatic heterocycles. The van der Waals surface area contributed by atoms with Gasteiger partial charge in [-0.2, -0.15) is 0 Å². The van der Waals surface area contributed by atoms with Gasteiger partial charge in [0.1, 0.15) is 0 Å². The van der Waals surface area contributed by atoms with Crippen LogP contribution in [0, 0.1) is 0 Å². The summed E-state index contributed by atoms with van der Waals surface area (Å²) in [5.74, 6) is 0. The number of aryl methyl sites for hydroxylation is 2. The van der Waals surface area contributed by atoms with Crippen molar-refractivity contribution in [2.24, 2.45) is 0 Å². The van der Waals surface area contributed by atoms with Crippen LogP contribution in [0.4, 0.5) is 0 Å². The molecule has 98 valence electrons. The van der Waals surface area contributed by atoms with Crippen LogP contribution in [-0.2, 0) is 12.8 Å². The van der Waals surface area contributed by atoms with Crippen molar-refractivity contribution in [2.75, 3.05) is 27.7 Å². The summed E-state index contributed by atoms with van der Waals surface area (Å²) in [6.07, 6.45) is 4.99. The third-order valence-electron chi connectivity index (χ3n) is 2.98. The minimum absolute atomic E-state index is 0. The average Bonchev–Trinajstić information content (AvgIpc) is 2.24. The maximum absolute atomic E-state index is 2.28. The topological polar surface area (TPSA) is 0 Å². The van der Waals surface area contributed by atoms with E-state index in [4.69, 9.17) is 0 Å². The van der Waals surface area contributed by atoms with Crippen molar-refractivity contribution in [3.05, 3.63) is 35.4 Å². The number of rotatable bonds is 6. The Labute approximate surface area is 117 Å². The molecule has 0 heterocycles. The van der Waals surface area contributed by atoms with E-state index in [1.54, 1.807) is 0 Å². The standard InChI is InChI=1S/C15H26N.BrH/c1-5-14-9-11-15(12-10-14)8-6-7-13-16(2,3)4;/h9-12H,5-8,13H2,1-4H3;1H/q+1;/p-1. The van der Waals surface area contributed by atoms with Gasteiger partial charge in [0, 0.05) is 0 Å². The fourth-order valence-corrected chi connectivity index (χ4v) is 1.86. The molecule has 0 aliphatic rings. The van der Waals surface area contributed by atoms with Crippen LogP contribution in [-0.4, -0.2) is 32.2 Å². The first kappa shape index (κ1) is 16.7. The van der Waals surface area contributed by atoms with Gasteiger partial charge in [-0.05, 0) is 36.8 Å². The SMILES string of the molecule is CCc1ccc(CCCC[N+](C)(C)C)cc1.[Br-]. The Balaban J connectivity index is 0.00000256. The minimum Gasteiger partial charge on any atom is -1.00 e. The van der Waals surface area contributed by atoms with Crippen LogP contribution in [0.3, 0.4) is 0 Å². The predicted molar refractivity (Wildman–Crippen MR) is 71.7 cm³/mol. The zero-order valence-corrected chi connectivity index (χ0v) is 13.3. The molecule has 0 saturated carbocycles. The van der Waals surface area contributed by atoms with E-state index in [0.717, 1.165) is 10.9 Å². The molecule has 0 aliphatic carbocycles. The van der Waals surface area contributed by atoms with Crippen LogP contribution in [0.2, 0.25) is 0 Å². The van der Waals surface area contributed by atoms with Crippen LogP contribution in [0.25, 0.3) is 0 Å². The summed E-state index contributed by atoms with van der Waals surface area (Å²) in [6, 6.07) is 9.08. The number of unbranched alkanes of at least 4 members (excludes halogenated alkanes) is 1. The quantitative estimate of drug-likeness (QED) is 0.523. The molecule has 0 radical (unpaired) electrons. The van der Waals surface area contributed by atoms with E-state index >= 15 is 0 Å². The maximum atomic E-state index is 2.28. The summed E-state index contributed by atoms with van der Waals surface area (Å²) in [5.41, 5.74) is 2.92. The Morgan fingerprint density at radius 2 is 1.41 bits per heavy atom. The van der Waals surface area contributed by atoms with E-state index < -0.39 is 0 Å². The molecule has 2 heteroatoms. The highest BCUT2D eigenvalue weighted by atomic mass is 79.9. The van der Waals surface area contributed by atoms with E-state index in [-0.39, 0.29) is 17.0 Å². The number of hydrogen-bond donors (Lipinski definition) is 0. The molecule has 0 fully saturated rings. The molecule has 0 amide bonds. The summed E-state index contributed by atoms with van der Waals surface area (Å²) in [7, 11) is 6.78. The van der Waals surface area contributed by atoms with Crippen molar-refractivity contribution in [2.45, 2.75) is 32.6 Å². The molecule has 1 aromatic carbocycles. The number of hydrogen-bond acceptors (Lipinski definition) is 0. The van der Waals surface area contributed by atoms with E-state index in [9.17, 15) is 0 Å². The average molecular weight is 300 g/mol. The van der Waals surface area contributed by atoms with Crippen molar-refractivity contribution in [1.29, 1.82) is 0 Å². The number of halogens is 1. The fourth-order valence-electron chi connectivity index (χ4n) is 1.86. The Hall–Kier alpha value is -0.340. The lowest BCUT2D eigenvalue weighted by Gasteiger charge is -2.23. The van der Waals surface area contributed by atoms with Crippen LogP contribution in [0.1, 0.15) is 30.9 Å². The highest BCUT2D eigenvalue weighted by molar-refractivity contribution is 5.22. The summed E-state index contributed by atoms with van der Waals surface area (Å²) in [5, 5.41) is 0. The highest BCUT2D eigenvalue weighted by Crippen LogP contribution is 2.09. The fraction of sp³-hybridized carbons (Fsp3) is 0.600. The summed E-state index contributed by atoms with van der Waals surface area (Å²) in [6.45, 7) is 3.48. The first-order chi connectivity index (χ1) is 7.51. The van der Waals surface area contributed by atoms with Gasteiger partial charge in [0.25, 0.3) is 0 Å². The predicted octanol–water partition coefficient (Wildman–Crippen LogP) is 0.282. The summed E-state index contributed by atoms with van der Waals surface area (Å²) in [4.78, 5) is 0. The van der Waals surface area contributed by atoms with Gasteiger partial charge in [-0.3, -0.25) is 0 Å². The van der Waals surface area contributed by atoms with Crippen molar-refractivity contribution < 1.29 is 21.5 Å². The second-order valence-electron chi connectivity index (χ2n) is 5.64. The first-order valence-corrected chi connectivity index (χ1v) is 6.39. The molecule has 1 rings (SSSR count). The van der Waals surface area contributed by atoms with Gasteiger partial charge in [-0.25, -0.2) is 0 Å². The van der Waals surface area contributed by atoms with E-state index in [1.807, 2.05) is 0 Å². The minimum atomic E-state index is 0. The molecule has 0 spiro atoms. The van der Waals surface area contributed by atoms with Gasteiger partial charge >= 0.3 is 0 Å². The third kappa shape index (κ3) is 7.56.